The van der Waals surface area contributed by atoms with Gasteiger partial charge in [-0.2, -0.15) is 0 Å². The largest absolute Gasteiger partial charge is 2.00 e. The first-order chi connectivity index (χ1) is 31.1. The molecule has 11 heteroatoms. The van der Waals surface area contributed by atoms with Crippen molar-refractivity contribution >= 4 is 46.2 Å². The Kier molecular flexibility index (Phi) is 18.7. The molecule has 66 heavy (non-hydrogen) atoms. The van der Waals surface area contributed by atoms with Gasteiger partial charge in [0.1, 0.15) is 6.61 Å². The first kappa shape index (κ1) is 52.5. The molecule has 6 aliphatic rings. The molecule has 1 saturated heterocycles. The SMILES string of the molecule is C=CC1=C(C)C2=NC1=CC1=NC(=CC3=C(C)C4=C([O-])C(=C([O-])OC)C(=C5NC(=C2)[C@@H](C)[C@@H]5CCC(=O)OC/C=C(\C)CCC[C@H](C)CCC[C@H](C)CCCC(C)C)C4=N3)C(CC)=C1CO.[Mg+2]. The number of fused-ring (bicyclic) bond motifs is 5. The minimum atomic E-state index is -0.749. The van der Waals surface area contributed by atoms with Crippen LogP contribution < -0.4 is 15.5 Å². The molecule has 5 aliphatic heterocycles. The van der Waals surface area contributed by atoms with Crippen molar-refractivity contribution in [1.29, 1.82) is 0 Å². The summed E-state index contributed by atoms with van der Waals surface area (Å²) < 4.78 is 11.0. The number of rotatable bonds is 21. The molecule has 0 radical (unpaired) electrons. The van der Waals surface area contributed by atoms with Crippen LogP contribution in [0, 0.1) is 29.6 Å². The number of carbonyl (C=O) groups excluding carboxylic acids is 1. The number of allylic oxidation sites excluding steroid dienone is 12. The van der Waals surface area contributed by atoms with Gasteiger partial charge in [0.25, 0.3) is 0 Å². The number of hydrogen-bond donors (Lipinski definition) is 2. The van der Waals surface area contributed by atoms with Crippen LogP contribution in [0.2, 0.25) is 0 Å². The minimum absolute atomic E-state index is 0. The molecule has 2 N–H and O–H groups in total. The van der Waals surface area contributed by atoms with Gasteiger partial charge in [-0.25, -0.2) is 15.0 Å². The van der Waals surface area contributed by atoms with Crippen molar-refractivity contribution in [2.24, 2.45) is 44.6 Å². The molecule has 350 valence electrons. The number of esters is 1. The van der Waals surface area contributed by atoms with Crippen LogP contribution in [0.5, 0.6) is 0 Å². The van der Waals surface area contributed by atoms with Gasteiger partial charge in [-0.3, -0.25) is 4.79 Å². The summed E-state index contributed by atoms with van der Waals surface area (Å²) >= 11 is 0. The minimum Gasteiger partial charge on any atom is -0.872 e. The van der Waals surface area contributed by atoms with Gasteiger partial charge in [-0.1, -0.05) is 110 Å². The standard InChI is InChI=1S/C55H74N4O6.Mg/c1-12-38-35(8)42-27-43-36(9)40(23-24-48(61)65-26-25-34(7)22-16-21-33(6)20-15-19-32(5)18-14-17-31(3)4)52(58-43)50-51(55(63)64-11)54(62)49-37(10)44(59-53(49)50)28-46-39(13-2)41(30-60)47(57-46)29-45(38)56-42;/h12,25,27-29,31-33,36,40,58,60,62-63H,1,13-24,26,30H2,2-11H3;/q;+2/p-2/b34-25+,43-27?,45-29?,46-28?,52-50?,55-51?;/t32-,33-,36+,40+;/m1./s1. The van der Waals surface area contributed by atoms with Gasteiger partial charge in [-0.05, 0) is 118 Å². The van der Waals surface area contributed by atoms with Crippen LogP contribution in [0.25, 0.3) is 0 Å². The van der Waals surface area contributed by atoms with Crippen molar-refractivity contribution in [1.82, 2.24) is 5.32 Å². The van der Waals surface area contributed by atoms with E-state index >= 15 is 0 Å². The van der Waals surface area contributed by atoms with Gasteiger partial charge in [-0.15, -0.1) is 0 Å². The van der Waals surface area contributed by atoms with Crippen LogP contribution in [-0.2, 0) is 14.3 Å². The molecular weight excluding hydrogens is 837 g/mol. The molecule has 8 bridgehead atoms. The van der Waals surface area contributed by atoms with E-state index in [4.69, 9.17) is 24.5 Å². The van der Waals surface area contributed by atoms with Crippen LogP contribution >= 0.6 is 0 Å². The van der Waals surface area contributed by atoms with Gasteiger partial charge < -0.3 is 30.1 Å². The second-order valence-corrected chi connectivity index (χ2v) is 19.3. The summed E-state index contributed by atoms with van der Waals surface area (Å²) in [6, 6.07) is 0. The zero-order valence-corrected chi connectivity index (χ0v) is 42.8. The summed E-state index contributed by atoms with van der Waals surface area (Å²) in [5.41, 5.74) is 10.9. The second kappa shape index (κ2) is 23.5. The van der Waals surface area contributed by atoms with Gasteiger partial charge in [0.2, 0.25) is 0 Å². The molecule has 4 atom stereocenters. The van der Waals surface area contributed by atoms with Crippen LogP contribution in [0.3, 0.4) is 0 Å². The van der Waals surface area contributed by atoms with Gasteiger partial charge in [0.15, 0.2) is 0 Å². The monoisotopic (exact) mass is 909 g/mol. The van der Waals surface area contributed by atoms with Crippen molar-refractivity contribution < 1.29 is 29.6 Å². The summed E-state index contributed by atoms with van der Waals surface area (Å²) in [5, 5.41) is 42.1. The summed E-state index contributed by atoms with van der Waals surface area (Å²) in [6.45, 7) is 23.5. The van der Waals surface area contributed by atoms with E-state index in [1.54, 1.807) is 6.08 Å². The fraction of sp³-hybridized carbons (Fsp3) is 0.527. The molecule has 0 unspecified atom stereocenters. The van der Waals surface area contributed by atoms with E-state index in [1.165, 1.54) is 57.6 Å². The number of nitrogens with zero attached hydrogens (tertiary/aromatic N) is 3. The van der Waals surface area contributed by atoms with Crippen LogP contribution in [0.1, 0.15) is 139 Å². The third-order valence-electron chi connectivity index (χ3n) is 14.1. The predicted octanol–water partition coefficient (Wildman–Crippen LogP) is 9.77. The van der Waals surface area contributed by atoms with Crippen molar-refractivity contribution in [2.75, 3.05) is 20.3 Å². The Labute approximate surface area is 410 Å². The van der Waals surface area contributed by atoms with Crippen molar-refractivity contribution in [3.63, 3.8) is 0 Å². The van der Waals surface area contributed by atoms with E-state index in [-0.39, 0.29) is 66.1 Å². The quantitative estimate of drug-likeness (QED) is 0.0504. The zero-order chi connectivity index (χ0) is 47.1. The Hall–Kier alpha value is -4.45. The Morgan fingerprint density at radius 1 is 0.909 bits per heavy atom. The van der Waals surface area contributed by atoms with E-state index in [9.17, 15) is 20.1 Å². The summed E-state index contributed by atoms with van der Waals surface area (Å²) in [4.78, 5) is 28.5. The van der Waals surface area contributed by atoms with Crippen LogP contribution in [0.15, 0.2) is 142 Å². The van der Waals surface area contributed by atoms with E-state index in [2.05, 4.69) is 53.4 Å². The topological polar surface area (TPSA) is 151 Å². The maximum absolute atomic E-state index is 14.4. The molecule has 0 aromatic carbocycles. The zero-order valence-electron chi connectivity index (χ0n) is 41.4. The summed E-state index contributed by atoms with van der Waals surface area (Å²) in [7, 11) is 1.27. The van der Waals surface area contributed by atoms with Crippen molar-refractivity contribution in [3.8, 4) is 0 Å². The van der Waals surface area contributed by atoms with Gasteiger partial charge in [0, 0.05) is 51.9 Å². The molecule has 0 spiro atoms. The molecular formula is C55H72MgN4O6. The average Bonchev–Trinajstić information content (AvgIpc) is 4.02. The number of hydrogen-bond acceptors (Lipinski definition) is 10. The first-order valence-electron chi connectivity index (χ1n) is 24.1. The second-order valence-electron chi connectivity index (χ2n) is 19.3. The van der Waals surface area contributed by atoms with E-state index in [0.717, 1.165) is 52.8 Å². The maximum Gasteiger partial charge on any atom is 2.00 e. The molecule has 0 amide bonds. The van der Waals surface area contributed by atoms with E-state index in [0.29, 0.717) is 75.3 Å². The molecule has 0 aromatic heterocycles. The Morgan fingerprint density at radius 3 is 2.21 bits per heavy atom. The van der Waals surface area contributed by atoms with Gasteiger partial charge >= 0.3 is 29.0 Å². The molecule has 10 nitrogen and oxygen atoms in total. The molecule has 1 fully saturated rings. The predicted molar refractivity (Wildman–Crippen MR) is 265 cm³/mol. The van der Waals surface area contributed by atoms with Gasteiger partial charge in [0.05, 0.1) is 46.8 Å². The Bertz CT molecular complexity index is 2360. The first-order valence-corrected chi connectivity index (χ1v) is 24.1. The average molecular weight is 910 g/mol. The molecule has 6 rings (SSSR count). The third kappa shape index (κ3) is 11.6. The number of methoxy groups -OCH3 is 1. The molecule has 0 aromatic rings. The van der Waals surface area contributed by atoms with E-state index < -0.39 is 11.7 Å². The fourth-order valence-corrected chi connectivity index (χ4v) is 10.1. The number of aliphatic hydroxyl groups is 1. The summed E-state index contributed by atoms with van der Waals surface area (Å²) in [5.74, 6) is 0.309. The smallest absolute Gasteiger partial charge is 0.872 e. The molecule has 1 aliphatic carbocycles. The normalized spacial score (nSPS) is 22.0. The Morgan fingerprint density at radius 2 is 1.58 bits per heavy atom. The van der Waals surface area contributed by atoms with Crippen molar-refractivity contribution in [3.05, 3.63) is 127 Å². The third-order valence-corrected chi connectivity index (χ3v) is 14.1. The van der Waals surface area contributed by atoms with Crippen LogP contribution in [0.4, 0.5) is 0 Å². The number of aliphatic imine (C=N–C) groups is 3. The number of ether oxygens (including phenoxy) is 2. The van der Waals surface area contributed by atoms with Crippen LogP contribution in [-0.4, -0.2) is 71.6 Å². The Balaban J connectivity index is 0.00000817. The molecule has 5 heterocycles. The fourth-order valence-electron chi connectivity index (χ4n) is 10.1. The number of nitrogens with one attached hydrogen (secondary N) is 1. The van der Waals surface area contributed by atoms with E-state index in [1.807, 2.05) is 45.1 Å². The van der Waals surface area contributed by atoms with Crippen molar-refractivity contribution in [2.45, 2.75) is 139 Å². The molecule has 0 saturated carbocycles. The maximum atomic E-state index is 14.4. The number of aliphatic hydroxyl groups excluding tert-OH is 1. The number of carbonyl (C=O) groups is 1. The summed E-state index contributed by atoms with van der Waals surface area (Å²) in [6.07, 6.45) is 21.9.